The highest BCUT2D eigenvalue weighted by Gasteiger charge is 2.28. The van der Waals surface area contributed by atoms with Gasteiger partial charge in [0.25, 0.3) is 0 Å². The summed E-state index contributed by atoms with van der Waals surface area (Å²) in [5, 5.41) is 13.8. The van der Waals surface area contributed by atoms with Crippen molar-refractivity contribution >= 4 is 13.7 Å². The third-order valence-electron chi connectivity index (χ3n) is 11.3. The molecule has 0 radical (unpaired) electrons. The number of hydrogen-bond acceptors (Lipinski definition) is 5. The van der Waals surface area contributed by atoms with Crippen molar-refractivity contribution in [3.05, 3.63) is 109 Å². The largest absolute Gasteiger partial charge is 0.472 e. The first-order valence-corrected chi connectivity index (χ1v) is 28.2. The van der Waals surface area contributed by atoms with Crippen LogP contribution in [0.1, 0.15) is 200 Å². The van der Waals surface area contributed by atoms with Crippen molar-refractivity contribution in [2.75, 3.05) is 40.9 Å². The van der Waals surface area contributed by atoms with E-state index in [4.69, 9.17) is 9.05 Å². The normalized spacial score (nSPS) is 14.9. The molecular weight excluding hydrogens is 852 g/mol. The van der Waals surface area contributed by atoms with Crippen LogP contribution >= 0.6 is 7.82 Å². The molecule has 384 valence electrons. The quantitative estimate of drug-likeness (QED) is 0.0243. The number of aliphatic hydroxyl groups excluding tert-OH is 1. The fourth-order valence-corrected chi connectivity index (χ4v) is 7.83. The van der Waals surface area contributed by atoms with Gasteiger partial charge in [-0.2, -0.15) is 0 Å². The van der Waals surface area contributed by atoms with Gasteiger partial charge in [0, 0.05) is 6.42 Å². The second-order valence-electron chi connectivity index (χ2n) is 18.9. The van der Waals surface area contributed by atoms with Crippen LogP contribution in [-0.2, 0) is 18.4 Å². The third kappa shape index (κ3) is 50.9. The highest BCUT2D eigenvalue weighted by molar-refractivity contribution is 7.47. The first kappa shape index (κ1) is 64.2. The minimum atomic E-state index is -4.31. The number of nitrogens with one attached hydrogen (secondary N) is 1. The second-order valence-corrected chi connectivity index (χ2v) is 20.3. The van der Waals surface area contributed by atoms with Gasteiger partial charge in [-0.1, -0.05) is 220 Å². The Morgan fingerprint density at radius 3 is 1.31 bits per heavy atom. The van der Waals surface area contributed by atoms with E-state index in [2.05, 4.69) is 129 Å². The summed E-state index contributed by atoms with van der Waals surface area (Å²) >= 11 is 0. The first-order valence-electron chi connectivity index (χ1n) is 26.8. The molecule has 0 aliphatic rings. The molecular formula is C58H102N2O6P+. The zero-order valence-electron chi connectivity index (χ0n) is 43.6. The van der Waals surface area contributed by atoms with Crippen LogP contribution in [0.25, 0.3) is 0 Å². The van der Waals surface area contributed by atoms with Gasteiger partial charge in [-0.3, -0.25) is 13.8 Å². The monoisotopic (exact) mass is 954 g/mol. The molecule has 0 saturated heterocycles. The third-order valence-corrected chi connectivity index (χ3v) is 12.3. The summed E-state index contributed by atoms with van der Waals surface area (Å²) < 4.78 is 23.5. The van der Waals surface area contributed by atoms with E-state index in [0.717, 1.165) is 96.3 Å². The van der Waals surface area contributed by atoms with Crippen LogP contribution in [0.3, 0.4) is 0 Å². The SMILES string of the molecule is CC/C=C\C/C=C\C/C=C\C/C=C\C/C=C\C/C=C\C/C=C\C/C=C\C/C=C\CCCCCCCCCCCCCC(=O)NC(COP(=O)(O)OCC[N+](C)(C)C)C(O)CCCCCCCC. The van der Waals surface area contributed by atoms with Crippen LogP contribution in [0.4, 0.5) is 0 Å². The summed E-state index contributed by atoms with van der Waals surface area (Å²) in [7, 11) is 1.60. The average molecular weight is 954 g/mol. The zero-order chi connectivity index (χ0) is 49.2. The van der Waals surface area contributed by atoms with Crippen molar-refractivity contribution in [1.29, 1.82) is 0 Å². The van der Waals surface area contributed by atoms with Gasteiger partial charge in [-0.05, 0) is 83.5 Å². The molecule has 0 rings (SSSR count). The maximum absolute atomic E-state index is 12.8. The van der Waals surface area contributed by atoms with Crippen LogP contribution in [0.15, 0.2) is 109 Å². The van der Waals surface area contributed by atoms with Crippen molar-refractivity contribution in [2.45, 2.75) is 212 Å². The Morgan fingerprint density at radius 1 is 0.522 bits per heavy atom. The number of rotatable bonds is 47. The Hall–Kier alpha value is -2.84. The molecule has 0 aliphatic carbocycles. The fourth-order valence-electron chi connectivity index (χ4n) is 7.10. The van der Waals surface area contributed by atoms with Crippen LogP contribution in [-0.4, -0.2) is 73.4 Å². The molecule has 67 heavy (non-hydrogen) atoms. The number of quaternary nitrogens is 1. The number of phosphoric acid groups is 1. The molecule has 1 amide bonds. The standard InChI is InChI=1S/C58H101N2O6P/c1-6-8-10-12-14-15-16-17-18-19-20-21-22-23-24-25-26-27-28-29-30-31-32-33-34-35-36-37-38-39-40-41-42-43-44-45-46-48-50-52-58(62)59-56(57(61)51-49-47-13-11-9-7-2)55-66-67(63,64)65-54-53-60(3,4)5/h8,10,14-15,17-18,20-21,23-24,26-27,29-30,32-33,35-36,56-57,61H,6-7,9,11-13,16,19,22,25,28,31,34,37-55H2,1-5H3,(H-,59,62,63,64)/p+1/b10-8-,15-14-,18-17-,21-20-,24-23-,27-26-,30-29-,33-32-,36-35-. The fraction of sp³-hybridized carbons (Fsp3) is 0.672. The summed E-state index contributed by atoms with van der Waals surface area (Å²) in [6, 6.07) is -0.765. The summed E-state index contributed by atoms with van der Waals surface area (Å²) in [6.45, 7) is 4.68. The predicted octanol–water partition coefficient (Wildman–Crippen LogP) is 16.0. The highest BCUT2D eigenvalue weighted by atomic mass is 31.2. The number of hydrogen-bond donors (Lipinski definition) is 3. The molecule has 0 spiro atoms. The minimum Gasteiger partial charge on any atom is -0.391 e. The predicted molar refractivity (Wildman–Crippen MR) is 290 cm³/mol. The molecule has 0 aliphatic heterocycles. The molecule has 0 heterocycles. The number of allylic oxidation sites excluding steroid dienone is 18. The van der Waals surface area contributed by atoms with Crippen molar-refractivity contribution in [1.82, 2.24) is 5.32 Å². The van der Waals surface area contributed by atoms with Crippen molar-refractivity contribution in [3.8, 4) is 0 Å². The number of carbonyl (C=O) groups is 1. The maximum atomic E-state index is 12.8. The molecule has 0 fully saturated rings. The van der Waals surface area contributed by atoms with Gasteiger partial charge >= 0.3 is 7.82 Å². The van der Waals surface area contributed by atoms with Gasteiger partial charge in [0.1, 0.15) is 13.2 Å². The number of unbranched alkanes of at least 4 members (excludes halogenated alkanes) is 16. The summed E-state index contributed by atoms with van der Waals surface area (Å²) in [5.74, 6) is -0.158. The number of likely N-dealkylation sites (N-methyl/N-ethyl adjacent to an activating group) is 1. The Morgan fingerprint density at radius 2 is 0.896 bits per heavy atom. The lowest BCUT2D eigenvalue weighted by Crippen LogP contribution is -2.46. The van der Waals surface area contributed by atoms with Crippen LogP contribution < -0.4 is 5.32 Å². The Balaban J connectivity index is 3.92. The zero-order valence-corrected chi connectivity index (χ0v) is 44.5. The lowest BCUT2D eigenvalue weighted by Gasteiger charge is -2.26. The molecule has 0 aromatic heterocycles. The van der Waals surface area contributed by atoms with E-state index in [1.54, 1.807) is 0 Å². The van der Waals surface area contributed by atoms with E-state index in [9.17, 15) is 19.4 Å². The van der Waals surface area contributed by atoms with Crippen molar-refractivity contribution < 1.29 is 32.9 Å². The summed E-state index contributed by atoms with van der Waals surface area (Å²) in [6.07, 6.45) is 70.4. The van der Waals surface area contributed by atoms with Gasteiger partial charge in [0.15, 0.2) is 0 Å². The van der Waals surface area contributed by atoms with Crippen LogP contribution in [0, 0.1) is 0 Å². The van der Waals surface area contributed by atoms with Gasteiger partial charge in [0.2, 0.25) is 5.91 Å². The molecule has 9 heteroatoms. The molecule has 0 aromatic carbocycles. The molecule has 0 saturated carbocycles. The maximum Gasteiger partial charge on any atom is 0.472 e. The molecule has 8 nitrogen and oxygen atoms in total. The minimum absolute atomic E-state index is 0.0689. The molecule has 0 bridgehead atoms. The molecule has 3 unspecified atom stereocenters. The van der Waals surface area contributed by atoms with E-state index in [1.807, 2.05) is 21.1 Å². The number of amides is 1. The van der Waals surface area contributed by atoms with Crippen molar-refractivity contribution in [3.63, 3.8) is 0 Å². The number of carbonyl (C=O) groups excluding carboxylic acids is 1. The lowest BCUT2D eigenvalue weighted by atomic mass is 10.0. The summed E-state index contributed by atoms with van der Waals surface area (Å²) in [4.78, 5) is 23.1. The topological polar surface area (TPSA) is 105 Å². The van der Waals surface area contributed by atoms with E-state index in [1.165, 1.54) is 77.0 Å². The summed E-state index contributed by atoms with van der Waals surface area (Å²) in [5.41, 5.74) is 0. The molecule has 3 N–H and O–H groups in total. The van der Waals surface area contributed by atoms with Gasteiger partial charge < -0.3 is 19.8 Å². The van der Waals surface area contributed by atoms with Gasteiger partial charge in [0.05, 0.1) is 39.9 Å². The van der Waals surface area contributed by atoms with E-state index >= 15 is 0 Å². The average Bonchev–Trinajstić information content (AvgIpc) is 3.29. The highest BCUT2D eigenvalue weighted by Crippen LogP contribution is 2.43. The second kappa shape index (κ2) is 48.2. The Bertz CT molecular complexity index is 1450. The van der Waals surface area contributed by atoms with E-state index in [0.29, 0.717) is 23.9 Å². The first-order chi connectivity index (χ1) is 32.5. The van der Waals surface area contributed by atoms with E-state index in [-0.39, 0.29) is 19.1 Å². The van der Waals surface area contributed by atoms with Crippen LogP contribution in [0.5, 0.6) is 0 Å². The van der Waals surface area contributed by atoms with Gasteiger partial charge in [-0.25, -0.2) is 4.57 Å². The van der Waals surface area contributed by atoms with E-state index < -0.39 is 20.0 Å². The van der Waals surface area contributed by atoms with Gasteiger partial charge in [-0.15, -0.1) is 0 Å². The van der Waals surface area contributed by atoms with Crippen molar-refractivity contribution in [2.24, 2.45) is 0 Å². The Labute approximate surface area is 412 Å². The lowest BCUT2D eigenvalue weighted by molar-refractivity contribution is -0.870. The smallest absolute Gasteiger partial charge is 0.391 e. The Kier molecular flexibility index (Phi) is 46.2. The number of phosphoric ester groups is 1. The molecule has 3 atom stereocenters. The number of nitrogens with zero attached hydrogens (tertiary/aromatic N) is 1. The number of aliphatic hydroxyl groups is 1. The molecule has 0 aromatic rings. The van der Waals surface area contributed by atoms with Crippen LogP contribution in [0.2, 0.25) is 0 Å².